The molecule has 0 unspecified atom stereocenters. The molecule has 29 heavy (non-hydrogen) atoms. The molecule has 0 bridgehead atoms. The van der Waals surface area contributed by atoms with Crippen molar-refractivity contribution in [2.75, 3.05) is 0 Å². The molecule has 1 saturated carbocycles. The summed E-state index contributed by atoms with van der Waals surface area (Å²) in [7, 11) is 0. The number of carboxylic acid groups (broad SMARTS) is 1. The molecule has 0 spiro atoms. The van der Waals surface area contributed by atoms with Crippen molar-refractivity contribution in [2.24, 2.45) is 17.8 Å². The van der Waals surface area contributed by atoms with E-state index in [0.717, 1.165) is 56.2 Å². The van der Waals surface area contributed by atoms with Gasteiger partial charge >= 0.3 is 5.97 Å². The first-order valence-electron chi connectivity index (χ1n) is 11.1. The molecule has 3 nitrogen and oxygen atoms in total. The van der Waals surface area contributed by atoms with Gasteiger partial charge in [0.15, 0.2) is 0 Å². The SMILES string of the molecule is CCc1cccc(CCC[C@@H]2[C@@H](CCCc3ccc(C(=O)O)s3)[C@H](C)C[C@H]2O)c1. The Balaban J connectivity index is 1.49. The Morgan fingerprint density at radius 3 is 2.52 bits per heavy atom. The second kappa shape index (κ2) is 10.4. The summed E-state index contributed by atoms with van der Waals surface area (Å²) < 4.78 is 0. The van der Waals surface area contributed by atoms with Crippen LogP contribution >= 0.6 is 11.3 Å². The van der Waals surface area contributed by atoms with Crippen molar-refractivity contribution in [3.63, 3.8) is 0 Å². The first kappa shape index (κ1) is 22.0. The van der Waals surface area contributed by atoms with E-state index in [2.05, 4.69) is 38.1 Å². The highest BCUT2D eigenvalue weighted by molar-refractivity contribution is 7.13. The van der Waals surface area contributed by atoms with Crippen molar-refractivity contribution in [1.29, 1.82) is 0 Å². The number of carbonyl (C=O) groups is 1. The fraction of sp³-hybridized carbons (Fsp3) is 0.560. The molecule has 1 aromatic heterocycles. The van der Waals surface area contributed by atoms with Gasteiger partial charge in [0.25, 0.3) is 0 Å². The maximum atomic E-state index is 11.0. The van der Waals surface area contributed by atoms with Gasteiger partial charge in [0.2, 0.25) is 0 Å². The number of hydrogen-bond acceptors (Lipinski definition) is 3. The van der Waals surface area contributed by atoms with E-state index in [-0.39, 0.29) is 6.10 Å². The first-order valence-corrected chi connectivity index (χ1v) is 11.9. The van der Waals surface area contributed by atoms with E-state index < -0.39 is 5.97 Å². The minimum atomic E-state index is -0.835. The zero-order valence-corrected chi connectivity index (χ0v) is 18.5. The molecule has 1 heterocycles. The van der Waals surface area contributed by atoms with Gasteiger partial charge in [0, 0.05) is 4.88 Å². The predicted molar refractivity (Wildman–Crippen MR) is 120 cm³/mol. The summed E-state index contributed by atoms with van der Waals surface area (Å²) in [5.41, 5.74) is 2.81. The molecule has 2 N–H and O–H groups in total. The fourth-order valence-electron chi connectivity index (χ4n) is 5.03. The summed E-state index contributed by atoms with van der Waals surface area (Å²) >= 11 is 1.39. The van der Waals surface area contributed by atoms with Crippen LogP contribution in [0.15, 0.2) is 36.4 Å². The zero-order chi connectivity index (χ0) is 20.8. The summed E-state index contributed by atoms with van der Waals surface area (Å²) in [6.45, 7) is 4.48. The molecule has 1 aromatic carbocycles. The molecular formula is C25H34O3S. The van der Waals surface area contributed by atoms with E-state index in [4.69, 9.17) is 5.11 Å². The number of rotatable bonds is 10. The number of hydrogen-bond donors (Lipinski definition) is 2. The van der Waals surface area contributed by atoms with Gasteiger partial charge in [0.1, 0.15) is 4.88 Å². The monoisotopic (exact) mass is 414 g/mol. The lowest BCUT2D eigenvalue weighted by molar-refractivity contribution is 0.0702. The molecule has 0 amide bonds. The second-order valence-corrected chi connectivity index (χ2v) is 9.81. The highest BCUT2D eigenvalue weighted by Crippen LogP contribution is 2.42. The summed E-state index contributed by atoms with van der Waals surface area (Å²) in [6.07, 6.45) is 8.26. The molecule has 0 aliphatic heterocycles. The Morgan fingerprint density at radius 1 is 1.07 bits per heavy atom. The predicted octanol–water partition coefficient (Wildman–Crippen LogP) is 5.99. The van der Waals surface area contributed by atoms with Gasteiger partial charge in [-0.1, -0.05) is 38.1 Å². The molecule has 2 aromatic rings. The summed E-state index contributed by atoms with van der Waals surface area (Å²) in [6, 6.07) is 12.5. The van der Waals surface area contributed by atoms with Crippen LogP contribution in [0.3, 0.4) is 0 Å². The van der Waals surface area contributed by atoms with Gasteiger partial charge in [-0.2, -0.15) is 0 Å². The van der Waals surface area contributed by atoms with E-state index in [1.54, 1.807) is 6.07 Å². The molecule has 158 valence electrons. The molecule has 0 saturated heterocycles. The highest BCUT2D eigenvalue weighted by atomic mass is 32.1. The van der Waals surface area contributed by atoms with Crippen molar-refractivity contribution in [3.8, 4) is 0 Å². The van der Waals surface area contributed by atoms with Crippen LogP contribution in [0.5, 0.6) is 0 Å². The summed E-state index contributed by atoms with van der Waals surface area (Å²) in [5, 5.41) is 19.7. The Bertz CT molecular complexity index is 797. The topological polar surface area (TPSA) is 57.5 Å². The van der Waals surface area contributed by atoms with Gasteiger partial charge in [-0.05, 0) is 92.4 Å². The Morgan fingerprint density at radius 2 is 1.79 bits per heavy atom. The molecule has 4 atom stereocenters. The first-order chi connectivity index (χ1) is 14.0. The van der Waals surface area contributed by atoms with Crippen molar-refractivity contribution in [2.45, 2.75) is 71.3 Å². The maximum Gasteiger partial charge on any atom is 0.345 e. The van der Waals surface area contributed by atoms with E-state index >= 15 is 0 Å². The fourth-order valence-corrected chi connectivity index (χ4v) is 5.92. The molecule has 0 radical (unpaired) electrons. The van der Waals surface area contributed by atoms with Gasteiger partial charge in [-0.25, -0.2) is 4.79 Å². The molecule has 1 fully saturated rings. The molecular weight excluding hydrogens is 380 g/mol. The van der Waals surface area contributed by atoms with Gasteiger partial charge in [-0.3, -0.25) is 0 Å². The Kier molecular flexibility index (Phi) is 7.91. The normalized spacial score (nSPS) is 24.1. The second-order valence-electron chi connectivity index (χ2n) is 8.64. The number of aryl methyl sites for hydroxylation is 3. The minimum absolute atomic E-state index is 0.169. The van der Waals surface area contributed by atoms with Gasteiger partial charge < -0.3 is 10.2 Å². The van der Waals surface area contributed by atoms with E-state index in [9.17, 15) is 9.90 Å². The lowest BCUT2D eigenvalue weighted by Gasteiger charge is -2.24. The van der Waals surface area contributed by atoms with Crippen molar-refractivity contribution >= 4 is 17.3 Å². The molecule has 1 aliphatic carbocycles. The quantitative estimate of drug-likeness (QED) is 0.502. The average molecular weight is 415 g/mol. The lowest BCUT2D eigenvalue weighted by Crippen LogP contribution is -2.20. The Labute approximate surface area is 178 Å². The van der Waals surface area contributed by atoms with Crippen LogP contribution in [0, 0.1) is 17.8 Å². The largest absolute Gasteiger partial charge is 0.477 e. The molecule has 3 rings (SSSR count). The van der Waals surface area contributed by atoms with Gasteiger partial charge in [0.05, 0.1) is 6.10 Å². The van der Waals surface area contributed by atoms with E-state index in [0.29, 0.717) is 22.6 Å². The number of carboxylic acids is 1. The molecule has 1 aliphatic rings. The smallest absolute Gasteiger partial charge is 0.345 e. The van der Waals surface area contributed by atoms with Crippen LogP contribution in [0.1, 0.15) is 71.6 Å². The zero-order valence-electron chi connectivity index (χ0n) is 17.6. The van der Waals surface area contributed by atoms with Crippen molar-refractivity contribution < 1.29 is 15.0 Å². The van der Waals surface area contributed by atoms with Crippen LogP contribution in [0.2, 0.25) is 0 Å². The van der Waals surface area contributed by atoms with Gasteiger partial charge in [-0.15, -0.1) is 11.3 Å². The minimum Gasteiger partial charge on any atom is -0.477 e. The van der Waals surface area contributed by atoms with Crippen LogP contribution < -0.4 is 0 Å². The number of aliphatic hydroxyl groups is 1. The number of thiophene rings is 1. The lowest BCUT2D eigenvalue weighted by atomic mass is 9.82. The number of aliphatic hydroxyl groups excluding tert-OH is 1. The van der Waals surface area contributed by atoms with Crippen molar-refractivity contribution in [3.05, 3.63) is 57.3 Å². The van der Waals surface area contributed by atoms with Crippen molar-refractivity contribution in [1.82, 2.24) is 0 Å². The average Bonchev–Trinajstić information content (AvgIpc) is 3.28. The van der Waals surface area contributed by atoms with Crippen LogP contribution in [-0.2, 0) is 19.3 Å². The highest BCUT2D eigenvalue weighted by Gasteiger charge is 2.39. The standard InChI is InChI=1S/C25H34O3S/c1-3-18-7-4-8-19(16-18)9-5-12-22-21(17(2)15-23(22)26)11-6-10-20-13-14-24(29-20)25(27)28/h4,7-8,13-14,16-17,21-23,26H,3,5-6,9-12,15H2,1-2H3,(H,27,28)/t17-,21+,22-,23-/m1/s1. The summed E-state index contributed by atoms with van der Waals surface area (Å²) in [5.74, 6) is 0.706. The van der Waals surface area contributed by atoms with E-state index in [1.807, 2.05) is 6.07 Å². The third-order valence-electron chi connectivity index (χ3n) is 6.62. The number of benzene rings is 1. The third-order valence-corrected chi connectivity index (χ3v) is 7.76. The number of aromatic carboxylic acids is 1. The third kappa shape index (κ3) is 5.93. The maximum absolute atomic E-state index is 11.0. The molecule has 4 heteroatoms. The summed E-state index contributed by atoms with van der Waals surface area (Å²) in [4.78, 5) is 12.6. The van der Waals surface area contributed by atoms with Crippen LogP contribution in [0.4, 0.5) is 0 Å². The Hall–Kier alpha value is -1.65. The van der Waals surface area contributed by atoms with Crippen LogP contribution in [-0.4, -0.2) is 22.3 Å². The van der Waals surface area contributed by atoms with E-state index in [1.165, 1.54) is 22.5 Å². The van der Waals surface area contributed by atoms with Crippen LogP contribution in [0.25, 0.3) is 0 Å².